The van der Waals surface area contributed by atoms with Gasteiger partial charge in [0.15, 0.2) is 0 Å². The number of rotatable bonds is 7. The number of anilines is 3. The summed E-state index contributed by atoms with van der Waals surface area (Å²) in [6, 6.07) is 12.9. The molecule has 1 heterocycles. The average molecular weight is 489 g/mol. The number of nitro benzene ring substituents is 1. The fourth-order valence-electron chi connectivity index (χ4n) is 3.73. The van der Waals surface area contributed by atoms with Crippen LogP contribution >= 0.6 is 15.9 Å². The topological polar surface area (TPSA) is 95.8 Å². The molecule has 1 N–H and O–H groups in total. The summed E-state index contributed by atoms with van der Waals surface area (Å²) in [7, 11) is 0. The van der Waals surface area contributed by atoms with Crippen molar-refractivity contribution < 1.29 is 14.5 Å². The van der Waals surface area contributed by atoms with E-state index in [2.05, 4.69) is 43.2 Å². The van der Waals surface area contributed by atoms with Crippen LogP contribution in [0, 0.1) is 16.0 Å². The Kier molecular flexibility index (Phi) is 7.27. The molecule has 1 atom stereocenters. The highest BCUT2D eigenvalue weighted by Crippen LogP contribution is 2.31. The predicted molar refractivity (Wildman–Crippen MR) is 125 cm³/mol. The van der Waals surface area contributed by atoms with Crippen molar-refractivity contribution in [1.29, 1.82) is 0 Å². The van der Waals surface area contributed by atoms with Gasteiger partial charge in [-0.2, -0.15) is 0 Å². The molecule has 2 aromatic carbocycles. The lowest BCUT2D eigenvalue weighted by molar-refractivity contribution is -0.383. The van der Waals surface area contributed by atoms with Crippen LogP contribution in [0.1, 0.15) is 20.3 Å². The number of carbonyl (C=O) groups is 2. The van der Waals surface area contributed by atoms with Crippen LogP contribution in [0.4, 0.5) is 22.7 Å². The highest BCUT2D eigenvalue weighted by Gasteiger charge is 2.26. The second kappa shape index (κ2) is 9.91. The van der Waals surface area contributed by atoms with Crippen LogP contribution in [0.5, 0.6) is 0 Å². The average Bonchev–Trinajstić information content (AvgIpc) is 2.74. The first-order valence-electron chi connectivity index (χ1n) is 10.2. The van der Waals surface area contributed by atoms with Crippen LogP contribution < -0.4 is 15.1 Å². The second-order valence-corrected chi connectivity index (χ2v) is 8.39. The minimum atomic E-state index is -0.822. The summed E-state index contributed by atoms with van der Waals surface area (Å²) in [4.78, 5) is 39.5. The third kappa shape index (κ3) is 5.41. The summed E-state index contributed by atoms with van der Waals surface area (Å²) < 4.78 is 1.03. The summed E-state index contributed by atoms with van der Waals surface area (Å²) in [5.41, 5.74) is 1.87. The lowest BCUT2D eigenvalue weighted by Gasteiger charge is -2.37. The molecule has 0 bridgehead atoms. The molecule has 0 radical (unpaired) electrons. The van der Waals surface area contributed by atoms with Crippen molar-refractivity contribution in [3.63, 3.8) is 0 Å². The van der Waals surface area contributed by atoms with Crippen molar-refractivity contribution in [2.75, 3.05) is 41.3 Å². The molecule has 9 heteroatoms. The number of piperazine rings is 1. The van der Waals surface area contributed by atoms with Crippen LogP contribution in [-0.2, 0) is 9.59 Å². The molecule has 8 nitrogen and oxygen atoms in total. The van der Waals surface area contributed by atoms with Crippen molar-refractivity contribution in [1.82, 2.24) is 0 Å². The lowest BCUT2D eigenvalue weighted by Crippen LogP contribution is -2.46. The lowest BCUT2D eigenvalue weighted by atomic mass is 10.0. The Morgan fingerprint density at radius 1 is 1.06 bits per heavy atom. The molecule has 1 unspecified atom stereocenters. The zero-order valence-corrected chi connectivity index (χ0v) is 19.1. The SMILES string of the molecule is CCC(C(C)=O)C(=O)Nc1cc(N2CCN(c3ccc(Br)cc3)CC2)ccc1[N+](=O)[O-]. The minimum absolute atomic E-state index is 0.113. The van der Waals surface area contributed by atoms with E-state index in [1.807, 2.05) is 12.1 Å². The number of hydrogen-bond donors (Lipinski definition) is 1. The molecule has 1 amide bonds. The molecule has 0 aliphatic carbocycles. The third-order valence-corrected chi connectivity index (χ3v) is 6.02. The molecule has 0 saturated carbocycles. The van der Waals surface area contributed by atoms with Gasteiger partial charge in [0.2, 0.25) is 5.91 Å². The number of halogens is 1. The van der Waals surface area contributed by atoms with E-state index in [0.717, 1.165) is 42.0 Å². The van der Waals surface area contributed by atoms with E-state index in [1.54, 1.807) is 19.1 Å². The fourth-order valence-corrected chi connectivity index (χ4v) is 4.00. The highest BCUT2D eigenvalue weighted by molar-refractivity contribution is 9.10. The zero-order chi connectivity index (χ0) is 22.5. The van der Waals surface area contributed by atoms with Gasteiger partial charge in [-0.05, 0) is 49.7 Å². The van der Waals surface area contributed by atoms with E-state index in [1.165, 1.54) is 13.0 Å². The number of benzene rings is 2. The molecule has 1 saturated heterocycles. The summed E-state index contributed by atoms with van der Waals surface area (Å²) in [5.74, 6) is -1.60. The van der Waals surface area contributed by atoms with Crippen molar-refractivity contribution in [3.05, 3.63) is 57.1 Å². The molecular weight excluding hydrogens is 464 g/mol. The highest BCUT2D eigenvalue weighted by atomic mass is 79.9. The smallest absolute Gasteiger partial charge is 0.292 e. The van der Waals surface area contributed by atoms with E-state index < -0.39 is 16.7 Å². The summed E-state index contributed by atoms with van der Waals surface area (Å²) in [6.45, 7) is 6.19. The number of ketones is 1. The van der Waals surface area contributed by atoms with E-state index in [9.17, 15) is 19.7 Å². The van der Waals surface area contributed by atoms with Gasteiger partial charge in [-0.1, -0.05) is 22.9 Å². The van der Waals surface area contributed by atoms with Crippen LogP contribution in [0.3, 0.4) is 0 Å². The van der Waals surface area contributed by atoms with Crippen molar-refractivity contribution in [2.45, 2.75) is 20.3 Å². The zero-order valence-electron chi connectivity index (χ0n) is 17.5. The quantitative estimate of drug-likeness (QED) is 0.355. The standard InChI is InChI=1S/C22H25BrN4O4/c1-3-19(15(2)28)22(29)24-20-14-18(8-9-21(20)27(30)31)26-12-10-25(11-13-26)17-6-4-16(23)5-7-17/h4-9,14,19H,3,10-13H2,1-2H3,(H,24,29). The minimum Gasteiger partial charge on any atom is -0.368 e. The van der Waals surface area contributed by atoms with Crippen LogP contribution in [0.15, 0.2) is 46.9 Å². The van der Waals surface area contributed by atoms with Crippen LogP contribution in [0.25, 0.3) is 0 Å². The Hall–Kier alpha value is -2.94. The maximum absolute atomic E-state index is 12.5. The molecule has 0 aromatic heterocycles. The Labute approximate surface area is 189 Å². The number of Topliss-reactive ketones (excluding diaryl/α,β-unsaturated/α-hetero) is 1. The molecule has 0 spiro atoms. The molecule has 31 heavy (non-hydrogen) atoms. The van der Waals surface area contributed by atoms with E-state index in [-0.39, 0.29) is 17.2 Å². The number of hydrogen-bond acceptors (Lipinski definition) is 6. The van der Waals surface area contributed by atoms with Gasteiger partial charge in [0.05, 0.1) is 10.8 Å². The molecule has 3 rings (SSSR count). The number of nitrogens with one attached hydrogen (secondary N) is 1. The third-order valence-electron chi connectivity index (χ3n) is 5.49. The van der Waals surface area contributed by atoms with Crippen molar-refractivity contribution in [3.8, 4) is 0 Å². The number of nitro groups is 1. The molecule has 1 aliphatic rings. The first kappa shape index (κ1) is 22.7. The molecule has 1 aliphatic heterocycles. The number of carbonyl (C=O) groups excluding carboxylic acids is 2. The van der Waals surface area contributed by atoms with Gasteiger partial charge in [0.25, 0.3) is 5.69 Å². The molecular formula is C22H25BrN4O4. The fraction of sp³-hybridized carbons (Fsp3) is 0.364. The maximum Gasteiger partial charge on any atom is 0.292 e. The van der Waals surface area contributed by atoms with Gasteiger partial charge in [-0.15, -0.1) is 0 Å². The second-order valence-electron chi connectivity index (χ2n) is 7.47. The predicted octanol–water partition coefficient (Wildman–Crippen LogP) is 4.24. The van der Waals surface area contributed by atoms with Gasteiger partial charge in [0, 0.05) is 48.1 Å². The van der Waals surface area contributed by atoms with Crippen LogP contribution in [-0.4, -0.2) is 42.8 Å². The Morgan fingerprint density at radius 3 is 2.13 bits per heavy atom. The molecule has 164 valence electrons. The van der Waals surface area contributed by atoms with E-state index in [4.69, 9.17) is 0 Å². The van der Waals surface area contributed by atoms with Gasteiger partial charge >= 0.3 is 0 Å². The maximum atomic E-state index is 12.5. The summed E-state index contributed by atoms with van der Waals surface area (Å²) >= 11 is 3.45. The Morgan fingerprint density at radius 2 is 1.61 bits per heavy atom. The van der Waals surface area contributed by atoms with Crippen LogP contribution in [0.2, 0.25) is 0 Å². The Bertz CT molecular complexity index is 972. The molecule has 1 fully saturated rings. The summed E-state index contributed by atoms with van der Waals surface area (Å²) in [5, 5.41) is 14.1. The van der Waals surface area contributed by atoms with Crippen molar-refractivity contribution in [2.24, 2.45) is 5.92 Å². The van der Waals surface area contributed by atoms with Crippen molar-refractivity contribution >= 4 is 50.4 Å². The van der Waals surface area contributed by atoms with E-state index >= 15 is 0 Å². The number of amides is 1. The first-order valence-corrected chi connectivity index (χ1v) is 10.9. The van der Waals surface area contributed by atoms with Gasteiger partial charge < -0.3 is 15.1 Å². The van der Waals surface area contributed by atoms with Gasteiger partial charge in [-0.25, -0.2) is 0 Å². The molecule has 2 aromatic rings. The number of nitrogens with zero attached hydrogens (tertiary/aromatic N) is 3. The van der Waals surface area contributed by atoms with Gasteiger partial charge in [0.1, 0.15) is 11.5 Å². The Balaban J connectivity index is 1.76. The largest absolute Gasteiger partial charge is 0.368 e. The monoisotopic (exact) mass is 488 g/mol. The van der Waals surface area contributed by atoms with E-state index in [0.29, 0.717) is 6.42 Å². The summed E-state index contributed by atoms with van der Waals surface area (Å²) in [6.07, 6.45) is 0.340. The first-order chi connectivity index (χ1) is 14.8. The normalized spacial score (nSPS) is 14.8. The van der Waals surface area contributed by atoms with Gasteiger partial charge in [-0.3, -0.25) is 19.7 Å².